The SMILES string of the molecule is Cc1cc(C(=O)CN2C3C=C(C(F)(F)F)C2CC3)c(C)n1-c1ccc(C#N)cc1.O=C(O)C(F)(F)F. The van der Waals surface area contributed by atoms with E-state index in [4.69, 9.17) is 15.2 Å². The third-order valence-corrected chi connectivity index (χ3v) is 6.18. The van der Waals surface area contributed by atoms with Crippen molar-refractivity contribution in [1.82, 2.24) is 9.47 Å². The number of carbonyl (C=O) groups excluding carboxylic acids is 1. The van der Waals surface area contributed by atoms with Crippen LogP contribution in [-0.4, -0.2) is 57.3 Å². The fourth-order valence-electron chi connectivity index (χ4n) is 4.61. The second-order valence-corrected chi connectivity index (χ2v) is 8.46. The smallest absolute Gasteiger partial charge is 0.475 e. The highest BCUT2D eigenvalue weighted by Crippen LogP contribution is 2.44. The van der Waals surface area contributed by atoms with E-state index in [1.165, 1.54) is 6.08 Å². The Morgan fingerprint density at radius 3 is 2.14 bits per heavy atom. The van der Waals surface area contributed by atoms with E-state index in [-0.39, 0.29) is 18.4 Å². The van der Waals surface area contributed by atoms with E-state index in [9.17, 15) is 31.1 Å². The quantitative estimate of drug-likeness (QED) is 0.349. The molecule has 1 aromatic carbocycles. The van der Waals surface area contributed by atoms with Crippen LogP contribution in [0, 0.1) is 25.2 Å². The Balaban J connectivity index is 0.000000454. The lowest BCUT2D eigenvalue weighted by Gasteiger charge is -2.23. The summed E-state index contributed by atoms with van der Waals surface area (Å²) < 4.78 is 73.3. The van der Waals surface area contributed by atoms with Crippen LogP contribution in [-0.2, 0) is 4.79 Å². The molecule has 1 aromatic heterocycles. The van der Waals surface area contributed by atoms with Gasteiger partial charge in [0.05, 0.1) is 18.2 Å². The molecule has 0 saturated carbocycles. The zero-order chi connectivity index (χ0) is 27.0. The number of hydrogen-bond acceptors (Lipinski definition) is 4. The normalized spacial score (nSPS) is 19.4. The first-order valence-electron chi connectivity index (χ1n) is 10.7. The van der Waals surface area contributed by atoms with Crippen molar-refractivity contribution in [2.75, 3.05) is 6.54 Å². The highest BCUT2D eigenvalue weighted by Gasteiger charge is 2.50. The maximum Gasteiger partial charge on any atom is 0.490 e. The zero-order valence-electron chi connectivity index (χ0n) is 19.1. The van der Waals surface area contributed by atoms with Crippen molar-refractivity contribution in [3.63, 3.8) is 0 Å². The molecular formula is C24H21F6N3O3. The number of Topliss-reactive ketones (excluding diaryl/α,β-unsaturated/α-hetero) is 1. The summed E-state index contributed by atoms with van der Waals surface area (Å²) in [6.07, 6.45) is -7.05. The summed E-state index contributed by atoms with van der Waals surface area (Å²) in [5.41, 5.74) is 2.99. The van der Waals surface area contributed by atoms with Crippen molar-refractivity contribution in [3.05, 3.63) is 64.5 Å². The van der Waals surface area contributed by atoms with Gasteiger partial charge in [-0.1, -0.05) is 6.08 Å². The van der Waals surface area contributed by atoms with Crippen LogP contribution in [0.2, 0.25) is 0 Å². The zero-order valence-corrected chi connectivity index (χ0v) is 19.1. The largest absolute Gasteiger partial charge is 0.490 e. The first-order valence-corrected chi connectivity index (χ1v) is 10.7. The molecule has 1 fully saturated rings. The number of aromatic nitrogens is 1. The Morgan fingerprint density at radius 2 is 1.67 bits per heavy atom. The number of carboxylic acids is 1. The summed E-state index contributed by atoms with van der Waals surface area (Å²) in [4.78, 5) is 23.6. The number of benzene rings is 1. The first kappa shape index (κ1) is 27.0. The summed E-state index contributed by atoms with van der Waals surface area (Å²) >= 11 is 0. The number of carbonyl (C=O) groups is 2. The lowest BCUT2D eigenvalue weighted by Crippen LogP contribution is -2.37. The molecule has 192 valence electrons. The fraction of sp³-hybridized carbons (Fsp3) is 0.375. The average Bonchev–Trinajstić information content (AvgIpc) is 3.43. The second kappa shape index (κ2) is 9.81. The minimum atomic E-state index is -5.08. The van der Waals surface area contributed by atoms with Crippen LogP contribution in [0.25, 0.3) is 5.69 Å². The Morgan fingerprint density at radius 1 is 1.08 bits per heavy atom. The van der Waals surface area contributed by atoms with E-state index < -0.39 is 29.9 Å². The highest BCUT2D eigenvalue weighted by atomic mass is 19.4. The van der Waals surface area contributed by atoms with Crippen molar-refractivity contribution in [3.8, 4) is 11.8 Å². The van der Waals surface area contributed by atoms with E-state index in [0.717, 1.165) is 17.1 Å². The summed E-state index contributed by atoms with van der Waals surface area (Å²) in [6, 6.07) is 9.87. The standard InChI is InChI=1S/C22H20F3N3O.C2HF3O2/c1-13-9-18(14(2)28(13)16-5-3-15(11-26)4-6-16)21(29)12-27-17-7-8-20(27)19(10-17)22(23,24)25;3-2(4,5)1(6)7/h3-6,9-10,17,20H,7-8,12H2,1-2H3;(H,6,7). The fourth-order valence-corrected chi connectivity index (χ4v) is 4.61. The number of nitrogens with zero attached hydrogens (tertiary/aromatic N) is 3. The molecule has 2 atom stereocenters. The highest BCUT2D eigenvalue weighted by molar-refractivity contribution is 5.99. The van der Waals surface area contributed by atoms with Gasteiger partial charge in [-0.05, 0) is 57.0 Å². The molecule has 2 aliphatic rings. The van der Waals surface area contributed by atoms with Crippen LogP contribution < -0.4 is 0 Å². The number of hydrogen-bond donors (Lipinski definition) is 1. The van der Waals surface area contributed by atoms with E-state index in [1.54, 1.807) is 23.1 Å². The van der Waals surface area contributed by atoms with Crippen LogP contribution >= 0.6 is 0 Å². The van der Waals surface area contributed by atoms with Gasteiger partial charge >= 0.3 is 18.3 Å². The maximum absolute atomic E-state index is 13.2. The minimum absolute atomic E-state index is 0.0247. The van der Waals surface area contributed by atoms with Gasteiger partial charge in [-0.15, -0.1) is 0 Å². The number of aliphatic carboxylic acids is 1. The number of fused-ring (bicyclic) bond motifs is 2. The number of nitriles is 1. The van der Waals surface area contributed by atoms with Crippen LogP contribution in [0.15, 0.2) is 42.0 Å². The molecule has 2 bridgehead atoms. The second-order valence-electron chi connectivity index (χ2n) is 8.46. The molecule has 12 heteroatoms. The molecule has 2 aromatic rings. The molecule has 1 saturated heterocycles. The number of ketones is 1. The van der Waals surface area contributed by atoms with Crippen LogP contribution in [0.5, 0.6) is 0 Å². The molecule has 36 heavy (non-hydrogen) atoms. The van der Waals surface area contributed by atoms with E-state index in [0.29, 0.717) is 24.0 Å². The predicted octanol–water partition coefficient (Wildman–Crippen LogP) is 5.12. The molecule has 2 unspecified atom stereocenters. The molecule has 4 rings (SSSR count). The van der Waals surface area contributed by atoms with E-state index >= 15 is 0 Å². The Bertz CT molecular complexity index is 1240. The van der Waals surface area contributed by atoms with Crippen LogP contribution in [0.4, 0.5) is 26.3 Å². The first-order chi connectivity index (χ1) is 16.6. The van der Waals surface area contributed by atoms with Gasteiger partial charge in [0, 0.05) is 40.3 Å². The van der Waals surface area contributed by atoms with Gasteiger partial charge in [0.2, 0.25) is 0 Å². The van der Waals surface area contributed by atoms with Crippen LogP contribution in [0.3, 0.4) is 0 Å². The molecule has 2 aliphatic heterocycles. The Hall–Kier alpha value is -3.59. The molecule has 0 spiro atoms. The van der Waals surface area contributed by atoms with E-state index in [2.05, 4.69) is 6.07 Å². The van der Waals surface area contributed by atoms with Crippen molar-refractivity contribution >= 4 is 11.8 Å². The maximum atomic E-state index is 13.2. The molecule has 0 amide bonds. The summed E-state index contributed by atoms with van der Waals surface area (Å²) in [7, 11) is 0. The average molecular weight is 513 g/mol. The van der Waals surface area contributed by atoms with Gasteiger partial charge in [0.25, 0.3) is 0 Å². The summed E-state index contributed by atoms with van der Waals surface area (Å²) in [6.45, 7) is 3.68. The van der Waals surface area contributed by atoms with Crippen molar-refractivity contribution in [1.29, 1.82) is 5.26 Å². The summed E-state index contributed by atoms with van der Waals surface area (Å²) in [5, 5.41) is 16.1. The van der Waals surface area contributed by atoms with Gasteiger partial charge in [0.15, 0.2) is 5.78 Å². The third kappa shape index (κ3) is 5.46. The van der Waals surface area contributed by atoms with Gasteiger partial charge < -0.3 is 9.67 Å². The molecule has 0 radical (unpaired) electrons. The van der Waals surface area contributed by atoms with Crippen molar-refractivity contribution in [2.45, 2.75) is 51.1 Å². The number of rotatable bonds is 4. The molecular weight excluding hydrogens is 492 g/mol. The van der Waals surface area contributed by atoms with Crippen molar-refractivity contribution in [2.24, 2.45) is 0 Å². The molecule has 1 N–H and O–H groups in total. The van der Waals surface area contributed by atoms with Gasteiger partial charge in [-0.3, -0.25) is 9.69 Å². The van der Waals surface area contributed by atoms with Crippen LogP contribution in [0.1, 0.15) is 40.2 Å². The summed E-state index contributed by atoms with van der Waals surface area (Å²) in [5.74, 6) is -2.93. The molecule has 3 heterocycles. The van der Waals surface area contributed by atoms with Crippen molar-refractivity contribution < 1.29 is 41.0 Å². The van der Waals surface area contributed by atoms with E-state index in [1.807, 2.05) is 30.5 Å². The monoisotopic (exact) mass is 513 g/mol. The van der Waals surface area contributed by atoms with Gasteiger partial charge in [-0.2, -0.15) is 31.6 Å². The lowest BCUT2D eigenvalue weighted by molar-refractivity contribution is -0.192. The Kier molecular flexibility index (Phi) is 7.36. The lowest BCUT2D eigenvalue weighted by atomic mass is 9.99. The molecule has 6 nitrogen and oxygen atoms in total. The number of alkyl halides is 6. The number of halogens is 6. The topological polar surface area (TPSA) is 86.3 Å². The predicted molar refractivity (Wildman–Crippen MR) is 116 cm³/mol. The minimum Gasteiger partial charge on any atom is -0.475 e. The Labute approximate surface area is 202 Å². The number of aryl methyl sites for hydroxylation is 1. The van der Waals surface area contributed by atoms with Gasteiger partial charge in [0.1, 0.15) is 0 Å². The third-order valence-electron chi connectivity index (χ3n) is 6.18. The molecule has 0 aliphatic carbocycles. The van der Waals surface area contributed by atoms with Gasteiger partial charge in [-0.25, -0.2) is 4.79 Å². The number of carboxylic acid groups (broad SMARTS) is 1.